The van der Waals surface area contributed by atoms with Crippen LogP contribution in [-0.2, 0) is 6.18 Å². The highest BCUT2D eigenvalue weighted by atomic mass is 19.4. The van der Waals surface area contributed by atoms with E-state index in [2.05, 4.69) is 11.4 Å². The van der Waals surface area contributed by atoms with E-state index in [0.717, 1.165) is 12.1 Å². The van der Waals surface area contributed by atoms with Crippen molar-refractivity contribution < 1.29 is 13.2 Å². The van der Waals surface area contributed by atoms with Gasteiger partial charge in [0.05, 0.1) is 18.1 Å². The SMILES string of the molecule is N#CCC1CN(c2cccc(C(F)(F)F)c2)CCN1. The molecular formula is C13H14F3N3. The summed E-state index contributed by atoms with van der Waals surface area (Å²) in [6.07, 6.45) is -3.97. The smallest absolute Gasteiger partial charge is 0.369 e. The lowest BCUT2D eigenvalue weighted by Crippen LogP contribution is -2.50. The zero-order chi connectivity index (χ0) is 13.9. The second-order valence-corrected chi connectivity index (χ2v) is 4.51. The molecular weight excluding hydrogens is 255 g/mol. The van der Waals surface area contributed by atoms with Crippen molar-refractivity contribution in [2.75, 3.05) is 24.5 Å². The number of halogens is 3. The van der Waals surface area contributed by atoms with Crippen molar-refractivity contribution in [2.24, 2.45) is 0 Å². The largest absolute Gasteiger partial charge is 0.416 e. The summed E-state index contributed by atoms with van der Waals surface area (Å²) < 4.78 is 38.0. The number of anilines is 1. The van der Waals surface area contributed by atoms with Gasteiger partial charge in [-0.3, -0.25) is 0 Å². The molecule has 0 radical (unpaired) electrons. The van der Waals surface area contributed by atoms with Gasteiger partial charge >= 0.3 is 6.18 Å². The van der Waals surface area contributed by atoms with Crippen LogP contribution in [0.4, 0.5) is 18.9 Å². The molecule has 102 valence electrons. The van der Waals surface area contributed by atoms with E-state index in [-0.39, 0.29) is 6.04 Å². The van der Waals surface area contributed by atoms with Crippen molar-refractivity contribution in [2.45, 2.75) is 18.6 Å². The van der Waals surface area contributed by atoms with Gasteiger partial charge in [0.1, 0.15) is 0 Å². The fraction of sp³-hybridized carbons (Fsp3) is 0.462. The monoisotopic (exact) mass is 269 g/mol. The summed E-state index contributed by atoms with van der Waals surface area (Å²) in [6.45, 7) is 1.86. The Bertz CT molecular complexity index is 479. The van der Waals surface area contributed by atoms with Crippen LogP contribution in [-0.4, -0.2) is 25.7 Å². The van der Waals surface area contributed by atoms with E-state index in [4.69, 9.17) is 5.26 Å². The normalized spacial score (nSPS) is 20.1. The van der Waals surface area contributed by atoms with Gasteiger partial charge in [0.15, 0.2) is 0 Å². The fourth-order valence-electron chi connectivity index (χ4n) is 2.19. The quantitative estimate of drug-likeness (QED) is 0.896. The molecule has 0 bridgehead atoms. The molecule has 1 atom stereocenters. The van der Waals surface area contributed by atoms with Crippen LogP contribution in [0.3, 0.4) is 0 Å². The van der Waals surface area contributed by atoms with Crippen LogP contribution in [0.5, 0.6) is 0 Å². The van der Waals surface area contributed by atoms with E-state index in [0.29, 0.717) is 31.7 Å². The van der Waals surface area contributed by atoms with Crippen LogP contribution in [0.25, 0.3) is 0 Å². The Morgan fingerprint density at radius 3 is 2.89 bits per heavy atom. The van der Waals surface area contributed by atoms with Crippen molar-refractivity contribution in [1.29, 1.82) is 5.26 Å². The first kappa shape index (κ1) is 13.7. The third-order valence-electron chi connectivity index (χ3n) is 3.13. The predicted molar refractivity (Wildman–Crippen MR) is 65.7 cm³/mol. The Morgan fingerprint density at radius 1 is 1.42 bits per heavy atom. The summed E-state index contributed by atoms with van der Waals surface area (Å²) in [5.41, 5.74) is -0.0837. The number of rotatable bonds is 2. The average molecular weight is 269 g/mol. The molecule has 6 heteroatoms. The molecule has 1 aliphatic heterocycles. The molecule has 1 fully saturated rings. The molecule has 0 aromatic heterocycles. The molecule has 19 heavy (non-hydrogen) atoms. The first-order valence-corrected chi connectivity index (χ1v) is 6.03. The lowest BCUT2D eigenvalue weighted by molar-refractivity contribution is -0.137. The lowest BCUT2D eigenvalue weighted by atomic mass is 10.1. The Kier molecular flexibility index (Phi) is 3.96. The maximum absolute atomic E-state index is 12.7. The number of nitrogens with one attached hydrogen (secondary N) is 1. The molecule has 0 aliphatic carbocycles. The minimum atomic E-state index is -4.32. The van der Waals surface area contributed by atoms with Crippen LogP contribution in [0.1, 0.15) is 12.0 Å². The topological polar surface area (TPSA) is 39.1 Å². The van der Waals surface area contributed by atoms with E-state index in [9.17, 15) is 13.2 Å². The van der Waals surface area contributed by atoms with Crippen molar-refractivity contribution in [3.63, 3.8) is 0 Å². The zero-order valence-corrected chi connectivity index (χ0v) is 10.2. The standard InChI is InChI=1S/C13H14F3N3/c14-13(15,16)10-2-1-3-12(8-10)19-7-6-18-11(9-19)4-5-17/h1-3,8,11,18H,4,6-7,9H2. The molecule has 1 N–H and O–H groups in total. The van der Waals surface area contributed by atoms with Gasteiger partial charge in [-0.25, -0.2) is 0 Å². The molecule has 2 rings (SSSR count). The number of hydrogen-bond acceptors (Lipinski definition) is 3. The fourth-order valence-corrected chi connectivity index (χ4v) is 2.19. The van der Waals surface area contributed by atoms with Gasteiger partial charge in [-0.1, -0.05) is 6.07 Å². The lowest BCUT2D eigenvalue weighted by Gasteiger charge is -2.34. The van der Waals surface area contributed by atoms with Crippen LogP contribution in [0, 0.1) is 11.3 Å². The zero-order valence-electron chi connectivity index (χ0n) is 10.2. The van der Waals surface area contributed by atoms with Crippen molar-refractivity contribution in [3.8, 4) is 6.07 Å². The number of nitrogens with zero attached hydrogens (tertiary/aromatic N) is 2. The maximum Gasteiger partial charge on any atom is 0.416 e. The minimum absolute atomic E-state index is 0.00768. The van der Waals surface area contributed by atoms with E-state index in [1.54, 1.807) is 6.07 Å². The molecule has 1 saturated heterocycles. The number of nitriles is 1. The van der Waals surface area contributed by atoms with Crippen LogP contribution in [0.15, 0.2) is 24.3 Å². The first-order chi connectivity index (χ1) is 9.00. The highest BCUT2D eigenvalue weighted by Crippen LogP contribution is 2.31. The molecule has 0 saturated carbocycles. The van der Waals surface area contributed by atoms with Gasteiger partial charge in [-0.2, -0.15) is 18.4 Å². The summed E-state index contributed by atoms with van der Waals surface area (Å²) in [4.78, 5) is 1.88. The van der Waals surface area contributed by atoms with E-state index in [1.807, 2.05) is 4.90 Å². The minimum Gasteiger partial charge on any atom is -0.369 e. The van der Waals surface area contributed by atoms with Gasteiger partial charge in [-0.05, 0) is 18.2 Å². The van der Waals surface area contributed by atoms with Crippen LogP contribution in [0.2, 0.25) is 0 Å². The first-order valence-electron chi connectivity index (χ1n) is 6.03. The molecule has 1 aromatic carbocycles. The number of hydrogen-bond donors (Lipinski definition) is 1. The molecule has 1 aromatic rings. The maximum atomic E-state index is 12.7. The van der Waals surface area contributed by atoms with Crippen molar-refractivity contribution in [3.05, 3.63) is 29.8 Å². The molecule has 1 aliphatic rings. The molecule has 3 nitrogen and oxygen atoms in total. The van der Waals surface area contributed by atoms with Crippen LogP contribution < -0.4 is 10.2 Å². The third-order valence-corrected chi connectivity index (χ3v) is 3.13. The number of alkyl halides is 3. The van der Waals surface area contributed by atoms with E-state index < -0.39 is 11.7 Å². The third kappa shape index (κ3) is 3.38. The summed E-state index contributed by atoms with van der Waals surface area (Å²) in [7, 11) is 0. The van der Waals surface area contributed by atoms with E-state index >= 15 is 0 Å². The molecule has 1 unspecified atom stereocenters. The predicted octanol–water partition coefficient (Wildman–Crippen LogP) is 2.40. The molecule has 1 heterocycles. The highest BCUT2D eigenvalue weighted by Gasteiger charge is 2.31. The number of benzene rings is 1. The second kappa shape index (κ2) is 5.49. The van der Waals surface area contributed by atoms with Gasteiger partial charge in [0.25, 0.3) is 0 Å². The molecule has 0 spiro atoms. The Balaban J connectivity index is 2.15. The second-order valence-electron chi connectivity index (χ2n) is 4.51. The summed E-state index contributed by atoms with van der Waals surface area (Å²) in [5, 5.41) is 11.8. The summed E-state index contributed by atoms with van der Waals surface area (Å²) >= 11 is 0. The van der Waals surface area contributed by atoms with Gasteiger partial charge in [-0.15, -0.1) is 0 Å². The Hall–Kier alpha value is -1.74. The Morgan fingerprint density at radius 2 is 2.21 bits per heavy atom. The van der Waals surface area contributed by atoms with Crippen molar-refractivity contribution >= 4 is 5.69 Å². The van der Waals surface area contributed by atoms with Crippen LogP contribution >= 0.6 is 0 Å². The van der Waals surface area contributed by atoms with Gasteiger partial charge < -0.3 is 10.2 Å². The van der Waals surface area contributed by atoms with Crippen molar-refractivity contribution in [1.82, 2.24) is 5.32 Å². The molecule has 0 amide bonds. The number of piperazine rings is 1. The Labute approximate surface area is 109 Å². The average Bonchev–Trinajstić information content (AvgIpc) is 2.39. The summed E-state index contributed by atoms with van der Waals surface area (Å²) in [5.74, 6) is 0. The van der Waals surface area contributed by atoms with Gasteiger partial charge in [0, 0.05) is 31.4 Å². The van der Waals surface area contributed by atoms with Gasteiger partial charge in [0.2, 0.25) is 0 Å². The van der Waals surface area contributed by atoms with E-state index in [1.165, 1.54) is 6.07 Å². The highest BCUT2D eigenvalue weighted by molar-refractivity contribution is 5.50. The summed E-state index contributed by atoms with van der Waals surface area (Å²) in [6, 6.07) is 7.40.